The Morgan fingerprint density at radius 3 is 2.15 bits per heavy atom. The summed E-state index contributed by atoms with van der Waals surface area (Å²) in [7, 11) is 0. The molecule has 0 radical (unpaired) electrons. The van der Waals surface area contributed by atoms with Gasteiger partial charge in [-0.25, -0.2) is 0 Å². The maximum atomic E-state index is 13.4. The molecule has 0 bridgehead atoms. The number of benzene rings is 4. The lowest BCUT2D eigenvalue weighted by atomic mass is 10.0. The minimum Gasteiger partial charge on any atom is -0.340 e. The van der Waals surface area contributed by atoms with Crippen LogP contribution >= 0.6 is 15.9 Å². The van der Waals surface area contributed by atoms with Crippen LogP contribution in [0, 0.1) is 0 Å². The van der Waals surface area contributed by atoms with Gasteiger partial charge in [0, 0.05) is 27.7 Å². The molecule has 1 unspecified atom stereocenters. The van der Waals surface area contributed by atoms with Crippen molar-refractivity contribution in [2.75, 3.05) is 5.32 Å². The molecule has 33 heavy (non-hydrogen) atoms. The smallest absolute Gasteiger partial charge is 0.251 e. The van der Waals surface area contributed by atoms with Gasteiger partial charge in [-0.1, -0.05) is 101 Å². The van der Waals surface area contributed by atoms with E-state index < -0.39 is 6.04 Å². The van der Waals surface area contributed by atoms with E-state index in [9.17, 15) is 9.59 Å². The summed E-state index contributed by atoms with van der Waals surface area (Å²) < 4.78 is 0.802. The third-order valence-corrected chi connectivity index (χ3v) is 5.75. The molecule has 0 heterocycles. The summed E-state index contributed by atoms with van der Waals surface area (Å²) in [4.78, 5) is 26.3. The third kappa shape index (κ3) is 5.96. The molecule has 2 N–H and O–H groups in total. The van der Waals surface area contributed by atoms with E-state index in [4.69, 9.17) is 0 Å². The number of nitrogens with one attached hydrogen (secondary N) is 2. The minimum absolute atomic E-state index is 0.273. The highest BCUT2D eigenvalue weighted by atomic mass is 79.9. The summed E-state index contributed by atoms with van der Waals surface area (Å²) in [5.41, 5.74) is 4.07. The number of carbonyl (C=O) groups excluding carboxylic acids is 2. The fourth-order valence-electron chi connectivity index (χ4n) is 3.61. The number of amides is 2. The van der Waals surface area contributed by atoms with Gasteiger partial charge in [0.1, 0.15) is 6.04 Å². The van der Waals surface area contributed by atoms with Crippen molar-refractivity contribution in [3.05, 3.63) is 125 Å². The quantitative estimate of drug-likeness (QED) is 0.323. The zero-order valence-electron chi connectivity index (χ0n) is 17.9. The first-order chi connectivity index (χ1) is 16.1. The van der Waals surface area contributed by atoms with Gasteiger partial charge in [-0.3, -0.25) is 9.59 Å². The highest BCUT2D eigenvalue weighted by molar-refractivity contribution is 9.10. The Labute approximate surface area is 201 Å². The number of rotatable bonds is 7. The second-order valence-corrected chi connectivity index (χ2v) is 8.54. The Morgan fingerprint density at radius 2 is 1.42 bits per heavy atom. The lowest BCUT2D eigenvalue weighted by Crippen LogP contribution is -2.45. The van der Waals surface area contributed by atoms with Crippen LogP contribution in [0.1, 0.15) is 15.9 Å². The van der Waals surface area contributed by atoms with Crippen molar-refractivity contribution >= 4 is 33.4 Å². The van der Waals surface area contributed by atoms with Crippen molar-refractivity contribution in [2.24, 2.45) is 0 Å². The second-order valence-electron chi connectivity index (χ2n) is 7.63. The van der Waals surface area contributed by atoms with E-state index in [-0.39, 0.29) is 11.8 Å². The normalized spacial score (nSPS) is 11.4. The molecule has 1 atom stereocenters. The van der Waals surface area contributed by atoms with Crippen molar-refractivity contribution < 1.29 is 9.59 Å². The van der Waals surface area contributed by atoms with Gasteiger partial charge >= 0.3 is 0 Å². The van der Waals surface area contributed by atoms with E-state index in [0.29, 0.717) is 17.7 Å². The standard InChI is InChI=1S/C28H23BrN2O2/c29-23-15-9-14-22(19-23)27(32)31-26(18-20-10-3-1-4-11-20)28(33)30-25-17-8-7-16-24(25)21-12-5-2-6-13-21/h1-17,19,26H,18H2,(H,30,33)(H,31,32). The summed E-state index contributed by atoms with van der Waals surface area (Å²) in [6, 6.07) is 33.6. The largest absolute Gasteiger partial charge is 0.340 e. The van der Waals surface area contributed by atoms with Gasteiger partial charge in [0.05, 0.1) is 0 Å². The molecule has 164 valence electrons. The molecular formula is C28H23BrN2O2. The Morgan fingerprint density at radius 1 is 0.758 bits per heavy atom. The molecule has 2 amide bonds. The molecule has 0 aliphatic heterocycles. The maximum absolute atomic E-state index is 13.4. The van der Waals surface area contributed by atoms with Crippen LogP contribution in [0.3, 0.4) is 0 Å². The zero-order valence-corrected chi connectivity index (χ0v) is 19.5. The van der Waals surface area contributed by atoms with Gasteiger partial charge in [-0.15, -0.1) is 0 Å². The molecule has 0 spiro atoms. The number of anilines is 1. The van der Waals surface area contributed by atoms with E-state index in [1.54, 1.807) is 18.2 Å². The SMILES string of the molecule is O=C(NC(Cc1ccccc1)C(=O)Nc1ccccc1-c1ccccc1)c1cccc(Br)c1. The van der Waals surface area contributed by atoms with E-state index in [1.165, 1.54) is 0 Å². The van der Waals surface area contributed by atoms with Gasteiger partial charge in [0.2, 0.25) is 5.91 Å². The van der Waals surface area contributed by atoms with Gasteiger partial charge in [-0.05, 0) is 35.4 Å². The molecule has 0 aliphatic carbocycles. The Balaban J connectivity index is 1.59. The lowest BCUT2D eigenvalue weighted by Gasteiger charge is -2.20. The molecule has 0 fully saturated rings. The number of carbonyl (C=O) groups is 2. The molecule has 0 saturated carbocycles. The fourth-order valence-corrected chi connectivity index (χ4v) is 4.01. The van der Waals surface area contributed by atoms with Crippen LogP contribution in [0.5, 0.6) is 0 Å². The van der Waals surface area contributed by atoms with Crippen LogP contribution in [0.2, 0.25) is 0 Å². The predicted octanol–water partition coefficient (Wildman–Crippen LogP) is 6.10. The first-order valence-electron chi connectivity index (χ1n) is 10.7. The van der Waals surface area contributed by atoms with Crippen molar-refractivity contribution in [3.63, 3.8) is 0 Å². The molecule has 4 aromatic rings. The average molecular weight is 499 g/mol. The topological polar surface area (TPSA) is 58.2 Å². The lowest BCUT2D eigenvalue weighted by molar-refractivity contribution is -0.118. The first kappa shape index (κ1) is 22.5. The van der Waals surface area contributed by atoms with Crippen LogP contribution in [0.25, 0.3) is 11.1 Å². The van der Waals surface area contributed by atoms with Crippen molar-refractivity contribution in [3.8, 4) is 11.1 Å². The number of para-hydroxylation sites is 1. The Bertz CT molecular complexity index is 1240. The highest BCUT2D eigenvalue weighted by Crippen LogP contribution is 2.27. The van der Waals surface area contributed by atoms with Gasteiger partial charge in [0.15, 0.2) is 0 Å². The Kier molecular flexibility index (Phi) is 7.33. The van der Waals surface area contributed by atoms with Crippen LogP contribution in [0.4, 0.5) is 5.69 Å². The first-order valence-corrected chi connectivity index (χ1v) is 11.4. The maximum Gasteiger partial charge on any atom is 0.251 e. The third-order valence-electron chi connectivity index (χ3n) is 5.26. The minimum atomic E-state index is -0.747. The van der Waals surface area contributed by atoms with Crippen molar-refractivity contribution in [1.29, 1.82) is 0 Å². The summed E-state index contributed by atoms with van der Waals surface area (Å²) in [5, 5.41) is 5.95. The molecule has 0 aliphatic rings. The van der Waals surface area contributed by atoms with Crippen LogP contribution in [0.15, 0.2) is 114 Å². The van der Waals surface area contributed by atoms with Crippen LogP contribution in [-0.2, 0) is 11.2 Å². The van der Waals surface area contributed by atoms with Crippen LogP contribution < -0.4 is 10.6 Å². The molecule has 4 rings (SSSR count). The van der Waals surface area contributed by atoms with E-state index >= 15 is 0 Å². The monoisotopic (exact) mass is 498 g/mol. The van der Waals surface area contributed by atoms with Crippen molar-refractivity contribution in [2.45, 2.75) is 12.5 Å². The van der Waals surface area contributed by atoms with Gasteiger partial charge in [-0.2, -0.15) is 0 Å². The fraction of sp³-hybridized carbons (Fsp3) is 0.0714. The van der Waals surface area contributed by atoms with E-state index in [1.807, 2.05) is 91.0 Å². The zero-order chi connectivity index (χ0) is 23.0. The summed E-state index contributed by atoms with van der Waals surface area (Å²) in [6.45, 7) is 0. The van der Waals surface area contributed by atoms with Crippen LogP contribution in [-0.4, -0.2) is 17.9 Å². The number of halogens is 1. The molecular weight excluding hydrogens is 476 g/mol. The average Bonchev–Trinajstić information content (AvgIpc) is 2.85. The van der Waals surface area contributed by atoms with Gasteiger partial charge < -0.3 is 10.6 Å². The number of hydrogen-bond donors (Lipinski definition) is 2. The number of hydrogen-bond acceptors (Lipinski definition) is 2. The predicted molar refractivity (Wildman–Crippen MR) is 136 cm³/mol. The summed E-state index contributed by atoms with van der Waals surface area (Å²) in [6.07, 6.45) is 0.375. The second kappa shape index (κ2) is 10.7. The molecule has 5 heteroatoms. The summed E-state index contributed by atoms with van der Waals surface area (Å²) >= 11 is 3.39. The molecule has 0 aromatic heterocycles. The van der Waals surface area contributed by atoms with E-state index in [0.717, 1.165) is 21.2 Å². The highest BCUT2D eigenvalue weighted by Gasteiger charge is 2.23. The molecule has 4 nitrogen and oxygen atoms in total. The van der Waals surface area contributed by atoms with Gasteiger partial charge in [0.25, 0.3) is 5.91 Å². The van der Waals surface area contributed by atoms with Crippen molar-refractivity contribution in [1.82, 2.24) is 5.32 Å². The molecule has 4 aromatic carbocycles. The summed E-state index contributed by atoms with van der Waals surface area (Å²) in [5.74, 6) is -0.575. The van der Waals surface area contributed by atoms with E-state index in [2.05, 4.69) is 26.6 Å². The molecule has 0 saturated heterocycles. The Hall–Kier alpha value is -3.70.